The van der Waals surface area contributed by atoms with Crippen LogP contribution in [0.4, 0.5) is 11.6 Å². The number of nitrogens with one attached hydrogen (secondary N) is 1. The van der Waals surface area contributed by atoms with Crippen molar-refractivity contribution in [3.05, 3.63) is 47.1 Å². The first kappa shape index (κ1) is 17.3. The van der Waals surface area contributed by atoms with Crippen molar-refractivity contribution in [1.82, 2.24) is 9.97 Å². The smallest absolute Gasteiger partial charge is 0.266 e. The summed E-state index contributed by atoms with van der Waals surface area (Å²) in [4.78, 5) is 23.8. The second kappa shape index (κ2) is 7.58. The van der Waals surface area contributed by atoms with E-state index in [2.05, 4.69) is 15.3 Å². The minimum atomic E-state index is -0.136. The van der Waals surface area contributed by atoms with E-state index in [9.17, 15) is 4.79 Å². The molecule has 0 saturated carbocycles. The summed E-state index contributed by atoms with van der Waals surface area (Å²) < 4.78 is 6.15. The molecule has 0 aliphatic carbocycles. The molecule has 1 aromatic carbocycles. The summed E-state index contributed by atoms with van der Waals surface area (Å²) in [7, 11) is 3.55. The number of methoxy groups -OCH3 is 1. The van der Waals surface area contributed by atoms with E-state index in [1.54, 1.807) is 19.5 Å². The van der Waals surface area contributed by atoms with Gasteiger partial charge in [-0.25, -0.2) is 9.97 Å². The Morgan fingerprint density at radius 2 is 2.00 bits per heavy atom. The largest absolute Gasteiger partial charge is 0.383 e. The minimum absolute atomic E-state index is 0.136. The van der Waals surface area contributed by atoms with Crippen molar-refractivity contribution in [2.24, 2.45) is 0 Å². The lowest BCUT2D eigenvalue weighted by Gasteiger charge is -2.16. The molecule has 0 aliphatic rings. The number of anilines is 2. The van der Waals surface area contributed by atoms with Gasteiger partial charge in [-0.05, 0) is 23.9 Å². The van der Waals surface area contributed by atoms with Crippen molar-refractivity contribution in [2.75, 3.05) is 37.5 Å². The molecule has 1 amide bonds. The summed E-state index contributed by atoms with van der Waals surface area (Å²) >= 11 is 1.49. The summed E-state index contributed by atoms with van der Waals surface area (Å²) in [6.07, 6.45) is 3.23. The van der Waals surface area contributed by atoms with Crippen LogP contribution in [0.5, 0.6) is 0 Å². The maximum Gasteiger partial charge on any atom is 0.266 e. The number of fused-ring (bicyclic) bond motifs is 1. The minimum Gasteiger partial charge on any atom is -0.383 e. The van der Waals surface area contributed by atoms with Crippen LogP contribution in [0.1, 0.15) is 15.2 Å². The Hall–Kier alpha value is -2.51. The number of hydrogen-bond donors (Lipinski definition) is 1. The number of aryl methyl sites for hydroxylation is 1. The first-order valence-corrected chi connectivity index (χ1v) is 8.73. The molecule has 25 heavy (non-hydrogen) atoms. The van der Waals surface area contributed by atoms with Gasteiger partial charge in [-0.3, -0.25) is 4.79 Å². The van der Waals surface area contributed by atoms with Gasteiger partial charge in [0.1, 0.15) is 0 Å². The molecule has 0 fully saturated rings. The number of nitrogens with zero attached hydrogens (tertiary/aromatic N) is 3. The van der Waals surface area contributed by atoms with Gasteiger partial charge in [0.25, 0.3) is 5.91 Å². The molecule has 130 valence electrons. The van der Waals surface area contributed by atoms with Crippen molar-refractivity contribution >= 4 is 39.0 Å². The number of aromatic nitrogens is 2. The maximum absolute atomic E-state index is 12.6. The lowest BCUT2D eigenvalue weighted by atomic mass is 10.1. The summed E-state index contributed by atoms with van der Waals surface area (Å²) in [6, 6.07) is 8.02. The second-order valence-electron chi connectivity index (χ2n) is 5.69. The van der Waals surface area contributed by atoms with E-state index >= 15 is 0 Å². The van der Waals surface area contributed by atoms with E-state index in [-0.39, 0.29) is 5.91 Å². The molecule has 3 aromatic rings. The Morgan fingerprint density at radius 3 is 2.68 bits per heavy atom. The monoisotopic (exact) mass is 356 g/mol. The van der Waals surface area contributed by atoms with E-state index < -0.39 is 0 Å². The standard InChI is InChI=1S/C18H20N4O2S/c1-12-14-6-4-5-7-15(14)25-16(12)17(23)21-13-10-19-18(20-11-13)22(2)8-9-24-3/h4-7,10-11H,8-9H2,1-3H3,(H,21,23). The Bertz CT molecular complexity index is 876. The average Bonchev–Trinajstić information content (AvgIpc) is 2.97. The number of hydrogen-bond acceptors (Lipinski definition) is 6. The van der Waals surface area contributed by atoms with Crippen LogP contribution in [-0.2, 0) is 4.74 Å². The zero-order valence-electron chi connectivity index (χ0n) is 14.4. The van der Waals surface area contributed by atoms with E-state index in [0.29, 0.717) is 29.7 Å². The first-order chi connectivity index (χ1) is 12.1. The van der Waals surface area contributed by atoms with Crippen molar-refractivity contribution in [1.29, 1.82) is 0 Å². The summed E-state index contributed by atoms with van der Waals surface area (Å²) in [5.41, 5.74) is 1.57. The molecule has 0 spiro atoms. The zero-order valence-corrected chi connectivity index (χ0v) is 15.3. The lowest BCUT2D eigenvalue weighted by Crippen LogP contribution is -2.24. The van der Waals surface area contributed by atoms with Gasteiger partial charge in [-0.1, -0.05) is 18.2 Å². The van der Waals surface area contributed by atoms with Crippen molar-refractivity contribution < 1.29 is 9.53 Å². The molecule has 0 bridgehead atoms. The number of amides is 1. The highest BCUT2D eigenvalue weighted by Gasteiger charge is 2.15. The second-order valence-corrected chi connectivity index (χ2v) is 6.74. The number of carbonyl (C=O) groups excluding carboxylic acids is 1. The van der Waals surface area contributed by atoms with Gasteiger partial charge in [0.15, 0.2) is 0 Å². The first-order valence-electron chi connectivity index (χ1n) is 7.91. The quantitative estimate of drug-likeness (QED) is 0.734. The van der Waals surface area contributed by atoms with E-state index in [0.717, 1.165) is 15.6 Å². The maximum atomic E-state index is 12.6. The summed E-state index contributed by atoms with van der Waals surface area (Å²) in [6.45, 7) is 3.27. The average molecular weight is 356 g/mol. The molecular formula is C18H20N4O2S. The van der Waals surface area contributed by atoms with Gasteiger partial charge in [-0.15, -0.1) is 11.3 Å². The van der Waals surface area contributed by atoms with Crippen LogP contribution in [0.25, 0.3) is 10.1 Å². The number of rotatable bonds is 6. The normalized spacial score (nSPS) is 10.8. The third-order valence-electron chi connectivity index (χ3n) is 3.92. The van der Waals surface area contributed by atoms with Gasteiger partial charge >= 0.3 is 0 Å². The number of ether oxygens (including phenoxy) is 1. The molecule has 6 nitrogen and oxygen atoms in total. The van der Waals surface area contributed by atoms with Crippen LogP contribution in [0.3, 0.4) is 0 Å². The highest BCUT2D eigenvalue weighted by Crippen LogP contribution is 2.31. The van der Waals surface area contributed by atoms with Crippen LogP contribution in [0.15, 0.2) is 36.7 Å². The number of benzene rings is 1. The lowest BCUT2D eigenvalue weighted by molar-refractivity contribution is 0.103. The van der Waals surface area contributed by atoms with E-state index in [1.165, 1.54) is 11.3 Å². The number of carbonyl (C=O) groups is 1. The van der Waals surface area contributed by atoms with Crippen LogP contribution in [0, 0.1) is 6.92 Å². The van der Waals surface area contributed by atoms with Crippen LogP contribution >= 0.6 is 11.3 Å². The van der Waals surface area contributed by atoms with Gasteiger partial charge in [-0.2, -0.15) is 0 Å². The molecule has 0 saturated heterocycles. The highest BCUT2D eigenvalue weighted by molar-refractivity contribution is 7.21. The molecule has 0 atom stereocenters. The van der Waals surface area contributed by atoms with Gasteiger partial charge < -0.3 is 15.0 Å². The molecule has 0 unspecified atom stereocenters. The SMILES string of the molecule is COCCN(C)c1ncc(NC(=O)c2sc3ccccc3c2C)cn1. The van der Waals surface area contributed by atoms with Gasteiger partial charge in [0, 0.05) is 25.4 Å². The van der Waals surface area contributed by atoms with Crippen LogP contribution < -0.4 is 10.2 Å². The molecule has 0 radical (unpaired) electrons. The van der Waals surface area contributed by atoms with E-state index in [4.69, 9.17) is 4.74 Å². The number of thiophene rings is 1. The third-order valence-corrected chi connectivity index (χ3v) is 5.19. The fourth-order valence-electron chi connectivity index (χ4n) is 2.49. The van der Waals surface area contributed by atoms with E-state index in [1.807, 2.05) is 43.1 Å². The highest BCUT2D eigenvalue weighted by atomic mass is 32.1. The van der Waals surface area contributed by atoms with Crippen LogP contribution in [-0.4, -0.2) is 43.2 Å². The predicted octanol–water partition coefficient (Wildman–Crippen LogP) is 3.33. The summed E-state index contributed by atoms with van der Waals surface area (Å²) in [5, 5.41) is 3.99. The Kier molecular flexibility index (Phi) is 5.25. The van der Waals surface area contributed by atoms with Crippen molar-refractivity contribution in [2.45, 2.75) is 6.92 Å². The molecule has 1 N–H and O–H groups in total. The molecule has 2 heterocycles. The number of likely N-dealkylation sites (N-methyl/N-ethyl adjacent to an activating group) is 1. The van der Waals surface area contributed by atoms with Crippen molar-refractivity contribution in [3.8, 4) is 0 Å². The molecule has 2 aromatic heterocycles. The fourth-order valence-corrected chi connectivity index (χ4v) is 3.59. The molecule has 3 rings (SSSR count). The Morgan fingerprint density at radius 1 is 1.28 bits per heavy atom. The molecule has 0 aliphatic heterocycles. The van der Waals surface area contributed by atoms with Crippen LogP contribution in [0.2, 0.25) is 0 Å². The van der Waals surface area contributed by atoms with Gasteiger partial charge in [0.2, 0.25) is 5.95 Å². The predicted molar refractivity (Wildman–Crippen MR) is 102 cm³/mol. The molecular weight excluding hydrogens is 336 g/mol. The fraction of sp³-hybridized carbons (Fsp3) is 0.278. The van der Waals surface area contributed by atoms with Gasteiger partial charge in [0.05, 0.1) is 29.6 Å². The zero-order chi connectivity index (χ0) is 17.8. The molecule has 7 heteroatoms. The third kappa shape index (κ3) is 3.78. The Balaban J connectivity index is 1.73. The summed E-state index contributed by atoms with van der Waals surface area (Å²) in [5.74, 6) is 0.455. The topological polar surface area (TPSA) is 67.3 Å². The Labute approximate surface area is 150 Å². The van der Waals surface area contributed by atoms with Crippen molar-refractivity contribution in [3.63, 3.8) is 0 Å².